The molecule has 6 heteroatoms. The van der Waals surface area contributed by atoms with Crippen LogP contribution in [0.3, 0.4) is 0 Å². The van der Waals surface area contributed by atoms with Gasteiger partial charge in [0.05, 0.1) is 16.6 Å². The highest BCUT2D eigenvalue weighted by Crippen LogP contribution is 2.40. The van der Waals surface area contributed by atoms with E-state index in [0.717, 1.165) is 25.0 Å². The maximum absolute atomic E-state index is 12.5. The van der Waals surface area contributed by atoms with E-state index in [2.05, 4.69) is 4.98 Å². The summed E-state index contributed by atoms with van der Waals surface area (Å²) in [5.74, 6) is 0.293. The molecule has 1 aliphatic rings. The first-order valence-corrected chi connectivity index (χ1v) is 5.31. The first-order chi connectivity index (χ1) is 7.97. The van der Waals surface area contributed by atoms with E-state index in [0.29, 0.717) is 23.0 Å². The van der Waals surface area contributed by atoms with Crippen LogP contribution < -0.4 is 5.73 Å². The quantitative estimate of drug-likeness (QED) is 0.834. The van der Waals surface area contributed by atoms with Gasteiger partial charge in [-0.05, 0) is 31.0 Å². The summed E-state index contributed by atoms with van der Waals surface area (Å²) >= 11 is 0. The van der Waals surface area contributed by atoms with Gasteiger partial charge in [0.2, 0.25) is 5.95 Å². The average Bonchev–Trinajstić information content (AvgIpc) is 2.99. The minimum atomic E-state index is -4.34. The van der Waals surface area contributed by atoms with Crippen LogP contribution in [0.4, 0.5) is 19.1 Å². The standard InChI is InChI=1S/C11H10F3N3/c12-11(13,14)6-1-4-9-8(5-6)16-10(15)17(9)7-2-3-7/h1,4-5,7H,2-3H2,(H2,15,16). The fourth-order valence-corrected chi connectivity index (χ4v) is 2.01. The largest absolute Gasteiger partial charge is 0.416 e. The summed E-state index contributed by atoms with van der Waals surface area (Å²) in [6.45, 7) is 0. The zero-order valence-electron chi connectivity index (χ0n) is 8.83. The van der Waals surface area contributed by atoms with Gasteiger partial charge in [-0.2, -0.15) is 13.2 Å². The number of halogens is 3. The Kier molecular flexibility index (Phi) is 1.93. The van der Waals surface area contributed by atoms with Gasteiger partial charge in [0.1, 0.15) is 0 Å². The molecule has 0 atom stereocenters. The Morgan fingerprint density at radius 1 is 1.29 bits per heavy atom. The van der Waals surface area contributed by atoms with Crippen molar-refractivity contribution in [1.29, 1.82) is 0 Å². The fraction of sp³-hybridized carbons (Fsp3) is 0.364. The molecule has 1 fully saturated rings. The van der Waals surface area contributed by atoms with Gasteiger partial charge in [0.25, 0.3) is 0 Å². The predicted octanol–water partition coefficient (Wildman–Crippen LogP) is 2.97. The topological polar surface area (TPSA) is 43.8 Å². The van der Waals surface area contributed by atoms with Crippen LogP contribution in [0.5, 0.6) is 0 Å². The lowest BCUT2D eigenvalue weighted by molar-refractivity contribution is -0.137. The second kappa shape index (κ2) is 3.15. The number of alkyl halides is 3. The normalized spacial score (nSPS) is 16.6. The molecule has 3 nitrogen and oxygen atoms in total. The molecule has 1 aromatic carbocycles. The number of nitrogens with two attached hydrogens (primary N) is 1. The van der Waals surface area contributed by atoms with Crippen LogP contribution in [0.25, 0.3) is 11.0 Å². The van der Waals surface area contributed by atoms with Crippen LogP contribution in [0.15, 0.2) is 18.2 Å². The highest BCUT2D eigenvalue weighted by molar-refractivity contribution is 5.79. The summed E-state index contributed by atoms with van der Waals surface area (Å²) in [6.07, 6.45) is -2.32. The molecular formula is C11H10F3N3. The monoisotopic (exact) mass is 241 g/mol. The third-order valence-electron chi connectivity index (χ3n) is 2.96. The number of anilines is 1. The third-order valence-corrected chi connectivity index (χ3v) is 2.96. The predicted molar refractivity (Wildman–Crippen MR) is 57.4 cm³/mol. The highest BCUT2D eigenvalue weighted by Gasteiger charge is 2.32. The number of aromatic nitrogens is 2. The van der Waals surface area contributed by atoms with E-state index >= 15 is 0 Å². The van der Waals surface area contributed by atoms with Crippen molar-refractivity contribution in [2.24, 2.45) is 0 Å². The summed E-state index contributed by atoms with van der Waals surface area (Å²) in [5, 5.41) is 0. The second-order valence-electron chi connectivity index (χ2n) is 4.27. The van der Waals surface area contributed by atoms with Gasteiger partial charge in [-0.1, -0.05) is 0 Å². The van der Waals surface area contributed by atoms with Gasteiger partial charge in [0.15, 0.2) is 0 Å². The molecule has 0 radical (unpaired) electrons. The van der Waals surface area contributed by atoms with Gasteiger partial charge >= 0.3 is 6.18 Å². The molecule has 1 aliphatic carbocycles. The summed E-state index contributed by atoms with van der Waals surface area (Å²) in [7, 11) is 0. The molecule has 1 heterocycles. The average molecular weight is 241 g/mol. The van der Waals surface area contributed by atoms with Crippen molar-refractivity contribution < 1.29 is 13.2 Å². The Hall–Kier alpha value is -1.72. The summed E-state index contributed by atoms with van der Waals surface area (Å²) in [4.78, 5) is 3.99. The zero-order chi connectivity index (χ0) is 12.2. The lowest BCUT2D eigenvalue weighted by atomic mass is 10.2. The molecule has 1 aromatic heterocycles. The van der Waals surface area contributed by atoms with Crippen molar-refractivity contribution in [2.45, 2.75) is 25.1 Å². The molecule has 0 spiro atoms. The van der Waals surface area contributed by atoms with Crippen molar-refractivity contribution >= 4 is 17.0 Å². The second-order valence-corrected chi connectivity index (χ2v) is 4.27. The van der Waals surface area contributed by atoms with Crippen molar-refractivity contribution in [3.8, 4) is 0 Å². The minimum absolute atomic E-state index is 0.293. The molecule has 0 aliphatic heterocycles. The SMILES string of the molecule is Nc1nc2cc(C(F)(F)F)ccc2n1C1CC1. The highest BCUT2D eigenvalue weighted by atomic mass is 19.4. The number of imidazole rings is 1. The lowest BCUT2D eigenvalue weighted by Gasteiger charge is -2.07. The van der Waals surface area contributed by atoms with Crippen molar-refractivity contribution in [3.05, 3.63) is 23.8 Å². The maximum Gasteiger partial charge on any atom is 0.416 e. The molecule has 1 saturated carbocycles. The van der Waals surface area contributed by atoms with Crippen LogP contribution >= 0.6 is 0 Å². The van der Waals surface area contributed by atoms with Crippen LogP contribution in [0, 0.1) is 0 Å². The van der Waals surface area contributed by atoms with E-state index in [1.54, 1.807) is 0 Å². The minimum Gasteiger partial charge on any atom is -0.369 e. The Bertz CT molecular complexity index is 581. The summed E-state index contributed by atoms with van der Waals surface area (Å²) in [5.41, 5.74) is 6.02. The molecule has 0 saturated heterocycles. The summed E-state index contributed by atoms with van der Waals surface area (Å²) in [6, 6.07) is 3.86. The smallest absolute Gasteiger partial charge is 0.369 e. The Morgan fingerprint density at radius 2 is 2.00 bits per heavy atom. The lowest BCUT2D eigenvalue weighted by Crippen LogP contribution is -2.04. The van der Waals surface area contributed by atoms with Gasteiger partial charge in [-0.15, -0.1) is 0 Å². The van der Waals surface area contributed by atoms with Crippen LogP contribution in [0.1, 0.15) is 24.4 Å². The van der Waals surface area contributed by atoms with Gasteiger partial charge in [0, 0.05) is 6.04 Å². The van der Waals surface area contributed by atoms with Gasteiger partial charge in [-0.25, -0.2) is 4.98 Å². The van der Waals surface area contributed by atoms with E-state index < -0.39 is 11.7 Å². The fourth-order valence-electron chi connectivity index (χ4n) is 2.01. The van der Waals surface area contributed by atoms with Crippen LogP contribution in [-0.2, 0) is 6.18 Å². The number of hydrogen-bond acceptors (Lipinski definition) is 2. The van der Waals surface area contributed by atoms with E-state index in [1.807, 2.05) is 4.57 Å². The molecule has 90 valence electrons. The van der Waals surface area contributed by atoms with E-state index in [4.69, 9.17) is 5.73 Å². The molecule has 17 heavy (non-hydrogen) atoms. The first kappa shape index (κ1) is 10.4. The zero-order valence-corrected chi connectivity index (χ0v) is 8.83. The third kappa shape index (κ3) is 1.64. The number of benzene rings is 1. The van der Waals surface area contributed by atoms with Crippen LogP contribution in [0.2, 0.25) is 0 Å². The van der Waals surface area contributed by atoms with Gasteiger partial charge < -0.3 is 10.3 Å². The van der Waals surface area contributed by atoms with E-state index in [-0.39, 0.29) is 0 Å². The number of rotatable bonds is 1. The van der Waals surface area contributed by atoms with Crippen molar-refractivity contribution in [1.82, 2.24) is 9.55 Å². The molecule has 0 bridgehead atoms. The molecule has 3 rings (SSSR count). The van der Waals surface area contributed by atoms with Crippen molar-refractivity contribution in [3.63, 3.8) is 0 Å². The number of nitrogens with zero attached hydrogens (tertiary/aromatic N) is 2. The molecule has 0 amide bonds. The molecular weight excluding hydrogens is 231 g/mol. The first-order valence-electron chi connectivity index (χ1n) is 5.31. The molecule has 2 aromatic rings. The van der Waals surface area contributed by atoms with E-state index in [9.17, 15) is 13.2 Å². The Labute approximate surface area is 95.0 Å². The van der Waals surface area contributed by atoms with Crippen LogP contribution in [-0.4, -0.2) is 9.55 Å². The molecule has 2 N–H and O–H groups in total. The number of hydrogen-bond donors (Lipinski definition) is 1. The Morgan fingerprint density at radius 3 is 2.59 bits per heavy atom. The van der Waals surface area contributed by atoms with E-state index in [1.165, 1.54) is 6.07 Å². The van der Waals surface area contributed by atoms with Crippen molar-refractivity contribution in [2.75, 3.05) is 5.73 Å². The number of fused-ring (bicyclic) bond motifs is 1. The Balaban J connectivity index is 2.18. The molecule has 0 unspecified atom stereocenters. The summed E-state index contributed by atoms with van der Waals surface area (Å²) < 4.78 is 39.4. The van der Waals surface area contributed by atoms with Gasteiger partial charge in [-0.3, -0.25) is 0 Å². The number of nitrogen functional groups attached to an aromatic ring is 1. The maximum atomic E-state index is 12.5.